The topological polar surface area (TPSA) is 89.2 Å². The molecule has 1 aliphatic rings. The van der Waals surface area contributed by atoms with Gasteiger partial charge >= 0.3 is 0 Å². The smallest absolute Gasteiger partial charge is 0.224 e. The summed E-state index contributed by atoms with van der Waals surface area (Å²) in [6.07, 6.45) is 4.12. The minimum Gasteiger partial charge on any atom is -0.385 e. The molecule has 0 aliphatic carbocycles. The predicted octanol–water partition coefficient (Wildman–Crippen LogP) is 5.66. The molecule has 2 aromatic carbocycles. The predicted molar refractivity (Wildman–Crippen MR) is 162 cm³/mol. The maximum absolute atomic E-state index is 13.4. The quantitative estimate of drug-likeness (QED) is 0.254. The Hall–Kier alpha value is -3.42. The number of benzene rings is 2. The van der Waals surface area contributed by atoms with Crippen molar-refractivity contribution < 1.29 is 9.53 Å². The Morgan fingerprint density at radius 1 is 1.15 bits per heavy atom. The molecule has 3 heterocycles. The average molecular weight is 542 g/mol. The lowest BCUT2D eigenvalue weighted by molar-refractivity contribution is -0.132. The van der Waals surface area contributed by atoms with Crippen LogP contribution in [0.5, 0.6) is 0 Å². The summed E-state index contributed by atoms with van der Waals surface area (Å²) in [5.74, 6) is 0.490. The van der Waals surface area contributed by atoms with Crippen LogP contribution in [0.25, 0.3) is 22.0 Å². The summed E-state index contributed by atoms with van der Waals surface area (Å²) in [5, 5.41) is 8.67. The molecule has 0 spiro atoms. The lowest BCUT2D eigenvalue weighted by Crippen LogP contribution is -2.42. The van der Waals surface area contributed by atoms with Crippen LogP contribution < -0.4 is 5.73 Å². The van der Waals surface area contributed by atoms with Crippen molar-refractivity contribution in [1.82, 2.24) is 19.7 Å². The van der Waals surface area contributed by atoms with Crippen molar-refractivity contribution in [2.45, 2.75) is 71.4 Å². The zero-order valence-electron chi connectivity index (χ0n) is 24.4. The molecule has 4 aromatic rings. The monoisotopic (exact) mass is 541 g/mol. The van der Waals surface area contributed by atoms with Gasteiger partial charge in [-0.1, -0.05) is 42.5 Å². The van der Waals surface area contributed by atoms with E-state index in [4.69, 9.17) is 10.5 Å². The second-order valence-electron chi connectivity index (χ2n) is 11.4. The van der Waals surface area contributed by atoms with E-state index in [0.717, 1.165) is 73.6 Å². The van der Waals surface area contributed by atoms with Crippen LogP contribution in [0.2, 0.25) is 0 Å². The minimum atomic E-state index is -0.210. The van der Waals surface area contributed by atoms with E-state index in [1.807, 2.05) is 13.8 Å². The number of aryl methyl sites for hydroxylation is 4. The van der Waals surface area contributed by atoms with Gasteiger partial charge in [0.25, 0.3) is 0 Å². The Labute approximate surface area is 237 Å². The first-order valence-electron chi connectivity index (χ1n) is 14.6. The molecular formula is C33H43N5O2. The number of H-pyrrole nitrogens is 1. The molecule has 0 saturated carbocycles. The van der Waals surface area contributed by atoms with Gasteiger partial charge in [-0.25, -0.2) is 0 Å². The molecule has 0 radical (unpaired) electrons. The van der Waals surface area contributed by atoms with Crippen molar-refractivity contribution in [3.8, 4) is 11.1 Å². The van der Waals surface area contributed by atoms with E-state index in [-0.39, 0.29) is 11.9 Å². The van der Waals surface area contributed by atoms with Crippen LogP contribution in [0.15, 0.2) is 48.5 Å². The number of carbonyl (C=O) groups is 1. The van der Waals surface area contributed by atoms with Gasteiger partial charge in [-0.2, -0.15) is 5.10 Å². The van der Waals surface area contributed by atoms with Crippen molar-refractivity contribution >= 4 is 16.8 Å². The van der Waals surface area contributed by atoms with Crippen LogP contribution in [0, 0.1) is 20.8 Å². The number of aromatic nitrogens is 3. The highest BCUT2D eigenvalue weighted by Gasteiger charge is 2.29. The van der Waals surface area contributed by atoms with Crippen molar-refractivity contribution in [2.24, 2.45) is 5.73 Å². The first-order chi connectivity index (χ1) is 19.4. The van der Waals surface area contributed by atoms with Gasteiger partial charge < -0.3 is 19.9 Å². The van der Waals surface area contributed by atoms with Crippen LogP contribution in [-0.4, -0.2) is 58.4 Å². The van der Waals surface area contributed by atoms with Crippen molar-refractivity contribution in [1.29, 1.82) is 0 Å². The second kappa shape index (κ2) is 12.4. The van der Waals surface area contributed by atoms with Gasteiger partial charge in [0, 0.05) is 79.6 Å². The van der Waals surface area contributed by atoms with E-state index >= 15 is 0 Å². The summed E-state index contributed by atoms with van der Waals surface area (Å²) >= 11 is 0. The Balaban J connectivity index is 1.24. The van der Waals surface area contributed by atoms with Gasteiger partial charge in [0.15, 0.2) is 0 Å². The highest BCUT2D eigenvalue weighted by atomic mass is 16.5. The molecular weight excluding hydrogens is 498 g/mol. The second-order valence-corrected chi connectivity index (χ2v) is 11.4. The molecule has 0 unspecified atom stereocenters. The third-order valence-electron chi connectivity index (χ3n) is 8.47. The molecule has 7 heteroatoms. The number of para-hydroxylation sites is 1. The summed E-state index contributed by atoms with van der Waals surface area (Å²) in [5.41, 5.74) is 16.0. The number of carbonyl (C=O) groups excluding carboxylic acids is 1. The molecule has 212 valence electrons. The molecule has 7 nitrogen and oxygen atoms in total. The van der Waals surface area contributed by atoms with Gasteiger partial charge in [-0.15, -0.1) is 0 Å². The third-order valence-corrected chi connectivity index (χ3v) is 8.47. The van der Waals surface area contributed by atoms with Gasteiger partial charge in [0.2, 0.25) is 5.91 Å². The average Bonchev–Trinajstić information content (AvgIpc) is 3.44. The normalized spacial score (nSPS) is 16.5. The maximum atomic E-state index is 13.4. The van der Waals surface area contributed by atoms with E-state index in [9.17, 15) is 4.79 Å². The summed E-state index contributed by atoms with van der Waals surface area (Å²) in [6, 6.07) is 16.9. The standard InChI is InChI=1S/C33H43N5O2/c1-22-29-10-5-6-11-30(29)38(17-8-18-40-4)33(22)27-9-7-16-37(21-27)31(39)20-28(34)19-25-12-14-26(15-13-25)32-23(2)35-36-24(32)3/h5-6,10-15,27-28H,7-9,16-21,34H2,1-4H3,(H,35,36)/t27-,28+/m0/s1. The molecule has 40 heavy (non-hydrogen) atoms. The summed E-state index contributed by atoms with van der Waals surface area (Å²) in [7, 11) is 1.76. The molecule has 2 aromatic heterocycles. The fourth-order valence-corrected chi connectivity index (χ4v) is 6.57. The number of nitrogens with two attached hydrogens (primary N) is 1. The lowest BCUT2D eigenvalue weighted by atomic mass is 9.91. The number of aromatic amines is 1. The van der Waals surface area contributed by atoms with E-state index in [1.54, 1.807) is 7.11 Å². The molecule has 1 aliphatic heterocycles. The SMILES string of the molecule is COCCCn1c([C@H]2CCCN(C(=O)C[C@H](N)Cc3ccc(-c4c(C)n[nH]c4C)cc3)C2)c(C)c2ccccc21. The number of hydrogen-bond acceptors (Lipinski definition) is 4. The number of nitrogens with one attached hydrogen (secondary N) is 1. The molecule has 1 amide bonds. The zero-order chi connectivity index (χ0) is 28.2. The highest BCUT2D eigenvalue weighted by molar-refractivity contribution is 5.85. The number of rotatable bonds is 10. The van der Waals surface area contributed by atoms with Gasteiger partial charge in [0.1, 0.15) is 0 Å². The number of nitrogens with zero attached hydrogens (tertiary/aromatic N) is 3. The van der Waals surface area contributed by atoms with Crippen LogP contribution in [0.4, 0.5) is 0 Å². The van der Waals surface area contributed by atoms with Crippen LogP contribution in [0.1, 0.15) is 59.8 Å². The minimum absolute atomic E-state index is 0.165. The third kappa shape index (κ3) is 5.86. The number of hydrogen-bond donors (Lipinski definition) is 2. The Bertz CT molecular complexity index is 1430. The molecule has 1 saturated heterocycles. The zero-order valence-corrected chi connectivity index (χ0v) is 24.4. The number of likely N-dealkylation sites (tertiary alicyclic amines) is 1. The molecule has 3 N–H and O–H groups in total. The maximum Gasteiger partial charge on any atom is 0.224 e. The number of ether oxygens (including phenoxy) is 1. The number of amides is 1. The van der Waals surface area contributed by atoms with Crippen LogP contribution in [0.3, 0.4) is 0 Å². The Morgan fingerprint density at radius 2 is 1.93 bits per heavy atom. The van der Waals surface area contributed by atoms with Crippen molar-refractivity contribution in [2.75, 3.05) is 26.8 Å². The van der Waals surface area contributed by atoms with Crippen molar-refractivity contribution in [3.63, 3.8) is 0 Å². The summed E-state index contributed by atoms with van der Waals surface area (Å²) < 4.78 is 7.82. The first kappa shape index (κ1) is 28.1. The van der Waals surface area contributed by atoms with Gasteiger partial charge in [-0.3, -0.25) is 9.89 Å². The summed E-state index contributed by atoms with van der Waals surface area (Å²) in [4.78, 5) is 15.5. The van der Waals surface area contributed by atoms with E-state index in [0.29, 0.717) is 18.8 Å². The highest BCUT2D eigenvalue weighted by Crippen LogP contribution is 2.36. The summed E-state index contributed by atoms with van der Waals surface area (Å²) in [6.45, 7) is 9.52. The lowest BCUT2D eigenvalue weighted by Gasteiger charge is -2.34. The fraction of sp³-hybridized carbons (Fsp3) is 0.455. The number of fused-ring (bicyclic) bond motifs is 1. The number of piperidine rings is 1. The molecule has 1 fully saturated rings. The van der Waals surface area contributed by atoms with Gasteiger partial charge in [0.05, 0.1) is 5.69 Å². The first-order valence-corrected chi connectivity index (χ1v) is 14.6. The number of methoxy groups -OCH3 is 1. The fourth-order valence-electron chi connectivity index (χ4n) is 6.57. The van der Waals surface area contributed by atoms with Gasteiger partial charge in [-0.05, 0) is 69.2 Å². The van der Waals surface area contributed by atoms with E-state index in [1.165, 1.54) is 22.2 Å². The van der Waals surface area contributed by atoms with E-state index < -0.39 is 0 Å². The Kier molecular flexibility index (Phi) is 8.72. The van der Waals surface area contributed by atoms with E-state index in [2.05, 4.69) is 75.1 Å². The van der Waals surface area contributed by atoms with Crippen molar-refractivity contribution in [3.05, 3.63) is 76.7 Å². The Morgan fingerprint density at radius 3 is 2.65 bits per heavy atom. The molecule has 0 bridgehead atoms. The molecule has 2 atom stereocenters. The van der Waals surface area contributed by atoms with Crippen LogP contribution in [-0.2, 0) is 22.5 Å². The molecule has 5 rings (SSSR count). The van der Waals surface area contributed by atoms with Crippen LogP contribution >= 0.6 is 0 Å². The largest absolute Gasteiger partial charge is 0.385 e.